The third-order valence-electron chi connectivity index (χ3n) is 7.81. The molecule has 6 rings (SSSR count). The molecule has 0 unspecified atom stereocenters. The minimum atomic E-state index is -1.50. The molecule has 1 aliphatic heterocycles. The summed E-state index contributed by atoms with van der Waals surface area (Å²) in [6.45, 7) is 3.93. The van der Waals surface area contributed by atoms with Crippen LogP contribution in [0.4, 0.5) is 14.5 Å². The standard InChI is InChI=1S/C35H31F2N7O4/c1-19(2)16-26(35(47)48)39-18-20-12-13-22(25(37)17-20)30-27(32-38-14-7-15-44(32)43-30)33(45)42-31-34(46)41-29-23(10-6-11-24(29)36)28(40-31)21-8-4-3-5-9-21/h3-15,17,19,26,31,39H,16,18H2,1-2H3,(H,41,46)(H,42,45)(H,47,48)/t26-,31+/m0/s1. The van der Waals surface area contributed by atoms with Crippen LogP contribution in [0.1, 0.15) is 47.3 Å². The average molecular weight is 652 g/mol. The number of carboxylic acids is 1. The second-order valence-corrected chi connectivity index (χ2v) is 11.7. The number of carbonyl (C=O) groups is 3. The summed E-state index contributed by atoms with van der Waals surface area (Å²) in [5, 5.41) is 22.1. The predicted molar refractivity (Wildman–Crippen MR) is 174 cm³/mol. The van der Waals surface area contributed by atoms with Gasteiger partial charge in [-0.1, -0.05) is 62.4 Å². The highest BCUT2D eigenvalue weighted by Crippen LogP contribution is 2.30. The lowest BCUT2D eigenvalue weighted by atomic mass is 10.0. The molecule has 0 saturated carbocycles. The normalized spacial score (nSPS) is 15.0. The average Bonchev–Trinajstić information content (AvgIpc) is 3.38. The first-order valence-corrected chi connectivity index (χ1v) is 15.2. The summed E-state index contributed by atoms with van der Waals surface area (Å²) in [6.07, 6.45) is 1.89. The molecule has 0 radical (unpaired) electrons. The van der Waals surface area contributed by atoms with Gasteiger partial charge in [-0.25, -0.2) is 23.3 Å². The third kappa shape index (κ3) is 6.53. The number of anilines is 1. The number of halogens is 2. The van der Waals surface area contributed by atoms with Crippen molar-refractivity contribution in [1.82, 2.24) is 25.2 Å². The fraction of sp³-hybridized carbons (Fsp3) is 0.200. The van der Waals surface area contributed by atoms with Crippen LogP contribution in [0.25, 0.3) is 16.9 Å². The van der Waals surface area contributed by atoms with Crippen LogP contribution in [0.3, 0.4) is 0 Å². The van der Waals surface area contributed by atoms with Crippen molar-refractivity contribution in [2.45, 2.75) is 39.0 Å². The molecule has 3 heterocycles. The van der Waals surface area contributed by atoms with E-state index in [1.165, 1.54) is 35.0 Å². The summed E-state index contributed by atoms with van der Waals surface area (Å²) in [6, 6.07) is 18.3. The number of carboxylic acid groups (broad SMARTS) is 1. The molecule has 1 aliphatic rings. The Bertz CT molecular complexity index is 2060. The Labute approximate surface area is 273 Å². The first kappa shape index (κ1) is 32.1. The summed E-state index contributed by atoms with van der Waals surface area (Å²) in [5.41, 5.74) is 1.56. The van der Waals surface area contributed by atoms with E-state index in [1.807, 2.05) is 13.8 Å². The van der Waals surface area contributed by atoms with Gasteiger partial charge in [0.1, 0.15) is 28.9 Å². The van der Waals surface area contributed by atoms with Gasteiger partial charge in [-0.05, 0) is 42.2 Å². The Hall–Kier alpha value is -5.82. The summed E-state index contributed by atoms with van der Waals surface area (Å²) in [5.74, 6) is -3.83. The van der Waals surface area contributed by atoms with Crippen molar-refractivity contribution in [3.8, 4) is 11.3 Å². The monoisotopic (exact) mass is 651 g/mol. The van der Waals surface area contributed by atoms with Gasteiger partial charge in [0.2, 0.25) is 6.17 Å². The van der Waals surface area contributed by atoms with Gasteiger partial charge in [0.15, 0.2) is 5.65 Å². The molecule has 13 heteroatoms. The number of aromatic nitrogens is 3. The first-order chi connectivity index (χ1) is 23.1. The molecule has 2 atom stereocenters. The van der Waals surface area contributed by atoms with E-state index in [0.29, 0.717) is 23.1 Å². The van der Waals surface area contributed by atoms with E-state index in [9.17, 15) is 23.9 Å². The van der Waals surface area contributed by atoms with E-state index in [-0.39, 0.29) is 46.3 Å². The molecule has 0 fully saturated rings. The third-order valence-corrected chi connectivity index (χ3v) is 7.81. The number of amides is 2. The van der Waals surface area contributed by atoms with Gasteiger partial charge in [-0.2, -0.15) is 5.10 Å². The highest BCUT2D eigenvalue weighted by Gasteiger charge is 2.32. The predicted octanol–water partition coefficient (Wildman–Crippen LogP) is 4.81. The molecule has 11 nitrogen and oxygen atoms in total. The largest absolute Gasteiger partial charge is 0.480 e. The number of aliphatic carboxylic acids is 1. The molecule has 0 spiro atoms. The molecule has 48 heavy (non-hydrogen) atoms. The lowest BCUT2D eigenvalue weighted by Crippen LogP contribution is -2.42. The van der Waals surface area contributed by atoms with Crippen LogP contribution in [0.5, 0.6) is 0 Å². The van der Waals surface area contributed by atoms with Gasteiger partial charge in [-0.15, -0.1) is 0 Å². The van der Waals surface area contributed by atoms with E-state index >= 15 is 4.39 Å². The van der Waals surface area contributed by atoms with Crippen molar-refractivity contribution in [2.75, 3.05) is 5.32 Å². The zero-order valence-electron chi connectivity index (χ0n) is 25.9. The van der Waals surface area contributed by atoms with Crippen LogP contribution in [0.2, 0.25) is 0 Å². The maximum atomic E-state index is 15.7. The number of benzene rings is 3. The molecule has 4 N–H and O–H groups in total. The van der Waals surface area contributed by atoms with Crippen LogP contribution in [0, 0.1) is 17.6 Å². The molecule has 244 valence electrons. The smallest absolute Gasteiger partial charge is 0.320 e. The van der Waals surface area contributed by atoms with Gasteiger partial charge >= 0.3 is 5.97 Å². The highest BCUT2D eigenvalue weighted by atomic mass is 19.1. The molecule has 2 aromatic heterocycles. The van der Waals surface area contributed by atoms with Crippen molar-refractivity contribution in [3.05, 3.63) is 119 Å². The van der Waals surface area contributed by atoms with Gasteiger partial charge < -0.3 is 21.1 Å². The first-order valence-electron chi connectivity index (χ1n) is 15.2. The van der Waals surface area contributed by atoms with E-state index in [2.05, 4.69) is 31.0 Å². The maximum Gasteiger partial charge on any atom is 0.320 e. The van der Waals surface area contributed by atoms with Crippen LogP contribution in [0.15, 0.2) is 90.2 Å². The van der Waals surface area contributed by atoms with Gasteiger partial charge in [-0.3, -0.25) is 14.4 Å². The number of hydrogen-bond acceptors (Lipinski definition) is 7. The molecule has 3 aromatic carbocycles. The number of hydrogen-bond donors (Lipinski definition) is 4. The number of nitrogens with one attached hydrogen (secondary N) is 3. The molecule has 5 aromatic rings. The zero-order chi connectivity index (χ0) is 33.9. The number of nitrogens with zero attached hydrogens (tertiary/aromatic N) is 4. The quantitative estimate of drug-likeness (QED) is 0.169. The number of carbonyl (C=O) groups excluding carboxylic acids is 2. The van der Waals surface area contributed by atoms with Crippen molar-refractivity contribution in [1.29, 1.82) is 0 Å². The molecule has 0 saturated heterocycles. The Kier molecular flexibility index (Phi) is 9.04. The Balaban J connectivity index is 1.34. The number of para-hydroxylation sites is 1. The Morgan fingerprint density at radius 2 is 1.79 bits per heavy atom. The number of benzodiazepines with no additional fused rings is 1. The van der Waals surface area contributed by atoms with E-state index in [1.54, 1.807) is 54.7 Å². The van der Waals surface area contributed by atoms with Gasteiger partial charge in [0.05, 0.1) is 11.4 Å². The number of rotatable bonds is 10. The maximum absolute atomic E-state index is 15.7. The molecule has 2 amide bonds. The minimum Gasteiger partial charge on any atom is -0.480 e. The Morgan fingerprint density at radius 3 is 2.52 bits per heavy atom. The Morgan fingerprint density at radius 1 is 1.00 bits per heavy atom. The summed E-state index contributed by atoms with van der Waals surface area (Å²) < 4.78 is 32.0. The van der Waals surface area contributed by atoms with Gasteiger partial charge in [0.25, 0.3) is 11.8 Å². The van der Waals surface area contributed by atoms with Crippen LogP contribution < -0.4 is 16.0 Å². The van der Waals surface area contributed by atoms with E-state index < -0.39 is 41.6 Å². The zero-order valence-corrected chi connectivity index (χ0v) is 25.9. The molecular formula is C35H31F2N7O4. The van der Waals surface area contributed by atoms with Crippen LogP contribution >= 0.6 is 0 Å². The summed E-state index contributed by atoms with van der Waals surface area (Å²) >= 11 is 0. The highest BCUT2D eigenvalue weighted by molar-refractivity contribution is 6.20. The van der Waals surface area contributed by atoms with E-state index in [4.69, 9.17) is 0 Å². The second kappa shape index (κ2) is 13.5. The van der Waals surface area contributed by atoms with Crippen molar-refractivity contribution in [2.24, 2.45) is 10.9 Å². The lowest BCUT2D eigenvalue weighted by Gasteiger charge is -2.17. The molecular weight excluding hydrogens is 620 g/mol. The van der Waals surface area contributed by atoms with Crippen molar-refractivity contribution < 1.29 is 28.3 Å². The van der Waals surface area contributed by atoms with Crippen molar-refractivity contribution >= 4 is 34.8 Å². The fourth-order valence-corrected chi connectivity index (χ4v) is 5.55. The number of aliphatic imine (C=N–C) groups is 1. The van der Waals surface area contributed by atoms with Crippen LogP contribution in [-0.2, 0) is 16.1 Å². The van der Waals surface area contributed by atoms with E-state index in [0.717, 1.165) is 0 Å². The minimum absolute atomic E-state index is 0.0142. The topological polar surface area (TPSA) is 150 Å². The van der Waals surface area contributed by atoms with Gasteiger partial charge in [0, 0.05) is 35.6 Å². The second-order valence-electron chi connectivity index (χ2n) is 11.7. The fourth-order valence-electron chi connectivity index (χ4n) is 5.55. The molecule has 0 bridgehead atoms. The number of fused-ring (bicyclic) bond motifs is 2. The molecule has 0 aliphatic carbocycles. The lowest BCUT2D eigenvalue weighted by molar-refractivity contribution is -0.140. The SMILES string of the molecule is CC(C)C[C@H](NCc1ccc(-c2nn3cccnc3c2C(=O)N[C@H]2N=C(c3ccccc3)c3cccc(F)c3NC2=O)c(F)c1)C(=O)O. The summed E-state index contributed by atoms with van der Waals surface area (Å²) in [4.78, 5) is 47.9. The summed E-state index contributed by atoms with van der Waals surface area (Å²) in [7, 11) is 0. The van der Waals surface area contributed by atoms with Crippen molar-refractivity contribution in [3.63, 3.8) is 0 Å². The van der Waals surface area contributed by atoms with Crippen LogP contribution in [-0.4, -0.2) is 55.4 Å².